The molecule has 0 aliphatic heterocycles. The van der Waals surface area contributed by atoms with E-state index in [2.05, 4.69) is 135 Å². The molecule has 11 rings (SSSR count). The molecule has 0 aliphatic carbocycles. The first-order chi connectivity index (χ1) is 45.9. The number of rotatable bonds is 11. The molecular formula is C46H64Br2N32O11S6. The maximum absolute atomic E-state index is 10.5. The Kier molecular flexibility index (Phi) is 35.1. The van der Waals surface area contributed by atoms with Crippen LogP contribution in [0.15, 0.2) is 99.5 Å². The van der Waals surface area contributed by atoms with Crippen LogP contribution < -0.4 is 78.0 Å². The van der Waals surface area contributed by atoms with Crippen molar-refractivity contribution in [3.05, 3.63) is 135 Å². The highest BCUT2D eigenvalue weighted by molar-refractivity contribution is 9.10. The summed E-state index contributed by atoms with van der Waals surface area (Å²) in [4.78, 5) is 112. The number of fused-ring (bicyclic) bond motifs is 2. The molecule has 11 aromatic heterocycles. The smallest absolute Gasteiger partial charge is 0.342 e. The quantitative estimate of drug-likeness (QED) is 0.0357. The second-order valence-corrected chi connectivity index (χ2v) is 23.8. The zero-order valence-electron chi connectivity index (χ0n) is 53.1. The molecule has 97 heavy (non-hydrogen) atoms. The number of ether oxygens (including phenoxy) is 3. The molecule has 11 aromatic rings. The second kappa shape index (κ2) is 41.6. The van der Waals surface area contributed by atoms with Crippen LogP contribution in [0.2, 0.25) is 0 Å². The number of halogens is 2. The Labute approximate surface area is 587 Å². The molecular weight excluding hydrogens is 1530 g/mol. The topological polar surface area (TPSA) is 622 Å². The van der Waals surface area contributed by atoms with Crippen LogP contribution in [0.3, 0.4) is 0 Å². The van der Waals surface area contributed by atoms with Gasteiger partial charge >= 0.3 is 22.8 Å². The van der Waals surface area contributed by atoms with Crippen molar-refractivity contribution in [2.24, 2.45) is 14.1 Å². The highest BCUT2D eigenvalue weighted by Crippen LogP contribution is 2.28. The number of aryl methyl sites for hydroxylation is 4. The van der Waals surface area contributed by atoms with Crippen molar-refractivity contribution in [1.29, 1.82) is 0 Å². The van der Waals surface area contributed by atoms with E-state index >= 15 is 0 Å². The van der Waals surface area contributed by atoms with E-state index in [1.165, 1.54) is 46.2 Å². The van der Waals surface area contributed by atoms with E-state index in [1.54, 1.807) is 67.3 Å². The molecule has 0 radical (unpaired) electrons. The molecule has 0 saturated carbocycles. The lowest BCUT2D eigenvalue weighted by Crippen LogP contribution is -2.26. The Balaban J connectivity index is 0.000000291. The van der Waals surface area contributed by atoms with Gasteiger partial charge in [0.2, 0.25) is 21.3 Å². The van der Waals surface area contributed by atoms with Crippen molar-refractivity contribution in [3.63, 3.8) is 0 Å². The predicted molar refractivity (Wildman–Crippen MR) is 377 cm³/mol. The number of nitrogen functional groups attached to an aromatic ring is 4. The number of methoxy groups -OCH3 is 3. The summed E-state index contributed by atoms with van der Waals surface area (Å²) in [6.45, 7) is 5.91. The summed E-state index contributed by atoms with van der Waals surface area (Å²) in [6, 6.07) is 0. The summed E-state index contributed by atoms with van der Waals surface area (Å²) in [5.41, 5.74) is 21.1. The highest BCUT2D eigenvalue weighted by Gasteiger charge is 2.16. The predicted octanol–water partition coefficient (Wildman–Crippen LogP) is 0.228. The van der Waals surface area contributed by atoms with Gasteiger partial charge in [-0.1, -0.05) is 63.4 Å². The molecule has 51 heteroatoms. The van der Waals surface area contributed by atoms with E-state index in [0.29, 0.717) is 33.5 Å². The van der Waals surface area contributed by atoms with Gasteiger partial charge in [0.05, 0.1) is 41.9 Å². The molecule has 11 heterocycles. The van der Waals surface area contributed by atoms with Gasteiger partial charge in [-0.15, -0.1) is 54.1 Å². The van der Waals surface area contributed by atoms with Crippen molar-refractivity contribution in [1.82, 2.24) is 135 Å². The Hall–Kier alpha value is -9.38. The number of nitrogens with two attached hydrogens (primary N) is 4. The van der Waals surface area contributed by atoms with Crippen molar-refractivity contribution < 1.29 is 14.2 Å². The van der Waals surface area contributed by atoms with Gasteiger partial charge in [-0.3, -0.25) is 53.6 Å². The van der Waals surface area contributed by atoms with Crippen LogP contribution in [0.1, 0.15) is 18.3 Å². The maximum atomic E-state index is 10.5. The standard InChI is InChI=1S/C12H15N7OS.C8H10N4S2.C5H11BrO2.C5H8N4S2.C4H7N3O.C3H2BrN3O2.C3H4N4O2.C3H4N4OS.C3H3N3O2/c1-7-5-13-10-9(15-12(21-4)17-19(7)10)14-8-6-18(2)16-11(8)20-3;1-5-4-9-6-7(13-2)10-8(14-3)11-12(5)6;1-4(6)5(7-2)8-3;1-10-4-3(6)8-9-5(7-4)11-2;1-7-2-3(5)4(8)6-7;2*4-1-2(8)5-3(9)7-6-1;4-1-2(9)5-3(8)7-6-1;7-2-1-4-6-3(8)5-2/h5-6H,1-4H3,(H,14,15,17);4H,1-3H3;4-5H,1-3H3;1-2H3,(H2,6,8);2H,5H2,1H3,(H,6,8);(H2,5,7,8,9);2*(H2,4,6)(H2,5,7,8,9);1H,(H2,5,6,7,8). The van der Waals surface area contributed by atoms with Crippen molar-refractivity contribution in [2.75, 3.05) is 80.9 Å². The molecule has 43 nitrogen and oxygen atoms in total. The fraction of sp³-hybridized carbons (Fsp3) is 0.326. The number of anilines is 6. The number of hydrogen-bond acceptors (Lipinski definition) is 36. The molecule has 0 bridgehead atoms. The van der Waals surface area contributed by atoms with Gasteiger partial charge in [-0.25, -0.2) is 68.5 Å². The molecule has 0 saturated heterocycles. The monoisotopic (exact) mass is 1590 g/mol. The fourth-order valence-corrected chi connectivity index (χ4v) is 8.85. The van der Waals surface area contributed by atoms with E-state index < -0.39 is 39.4 Å². The van der Waals surface area contributed by atoms with E-state index in [4.69, 9.17) is 37.1 Å². The van der Waals surface area contributed by atoms with Gasteiger partial charge in [0.25, 0.3) is 28.1 Å². The van der Waals surface area contributed by atoms with E-state index in [-0.39, 0.29) is 43.2 Å². The number of alkyl halides is 1. The Bertz CT molecular complexity index is 4660. The first kappa shape index (κ1) is 81.9. The summed E-state index contributed by atoms with van der Waals surface area (Å²) < 4.78 is 22.1. The van der Waals surface area contributed by atoms with Gasteiger partial charge in [0.1, 0.15) is 27.6 Å². The summed E-state index contributed by atoms with van der Waals surface area (Å²) in [7, 11) is 8.35. The first-order valence-electron chi connectivity index (χ1n) is 26.0. The molecule has 524 valence electrons. The van der Waals surface area contributed by atoms with Crippen LogP contribution >= 0.6 is 103 Å². The zero-order valence-corrected chi connectivity index (χ0v) is 61.2. The van der Waals surface area contributed by atoms with E-state index in [0.717, 1.165) is 44.1 Å². The summed E-state index contributed by atoms with van der Waals surface area (Å²) in [5, 5.41) is 51.1. The van der Waals surface area contributed by atoms with Crippen LogP contribution in [0.25, 0.3) is 11.3 Å². The van der Waals surface area contributed by atoms with Crippen LogP contribution in [0.5, 0.6) is 5.88 Å². The average molecular weight is 1590 g/mol. The number of nitrogens with one attached hydrogen (secondary N) is 10. The third-order valence-electron chi connectivity index (χ3n) is 10.3. The zero-order chi connectivity index (χ0) is 72.6. The van der Waals surface area contributed by atoms with Gasteiger partial charge in [-0.05, 0) is 68.0 Å². The Morgan fingerprint density at radius 3 is 1.55 bits per heavy atom. The summed E-state index contributed by atoms with van der Waals surface area (Å²) >= 11 is 18.2. The molecule has 18 N–H and O–H groups in total. The van der Waals surface area contributed by atoms with Crippen LogP contribution in [-0.4, -0.2) is 198 Å². The van der Waals surface area contributed by atoms with E-state index in [1.807, 2.05) is 106 Å². The number of thioether (sulfide) groups is 5. The fourth-order valence-electron chi connectivity index (χ4n) is 6.05. The van der Waals surface area contributed by atoms with Crippen molar-refractivity contribution in [2.45, 2.75) is 57.4 Å². The first-order valence-corrected chi connectivity index (χ1v) is 34.3. The van der Waals surface area contributed by atoms with Gasteiger partial charge in [0.15, 0.2) is 44.3 Å². The number of hydrogen-bond donors (Lipinski definition) is 14. The number of imidazole rings is 2. The molecule has 0 fully saturated rings. The minimum atomic E-state index is -0.668. The van der Waals surface area contributed by atoms with Crippen molar-refractivity contribution in [3.8, 4) is 5.88 Å². The lowest BCUT2D eigenvalue weighted by molar-refractivity contribution is -0.0977. The summed E-state index contributed by atoms with van der Waals surface area (Å²) in [5.74, 6) is 1.41. The number of H-pyrrole nitrogens is 9. The van der Waals surface area contributed by atoms with Crippen LogP contribution in [-0.2, 0) is 23.6 Å². The second-order valence-electron chi connectivity index (χ2n) is 17.3. The van der Waals surface area contributed by atoms with Gasteiger partial charge in [0, 0.05) is 34.5 Å². The minimum absolute atomic E-state index is 0.0714. The number of aromatic amines is 9. The Morgan fingerprint density at radius 2 is 1.12 bits per heavy atom. The lowest BCUT2D eigenvalue weighted by atomic mass is 10.5. The molecule has 0 aliphatic rings. The maximum Gasteiger partial charge on any atom is 0.342 e. The SMILES string of the molecule is COC(OC)C(C)Br.COc1nn(C)cc1Nc1nc(SC)nn2c(C)cnc12.CSc1nc(SC)c2ncc(C)n2n1.CSc1nnc(N)c(SC)n1.Cn1cc(N)c(=O)[nH]1.Nc1n[nH]c(=O)[nH]c1=O.Nc1n[nH]c(=O)[nH]c1=S.O=c1[nH]nc(Br)c(=O)[nH]1.O=c1cn[nH]c(=O)[nH]1. The minimum Gasteiger partial charge on any atom is -0.478 e. The third kappa shape index (κ3) is 27.3. The lowest BCUT2D eigenvalue weighted by Gasteiger charge is -2.14. The Morgan fingerprint density at radius 1 is 0.598 bits per heavy atom. The molecule has 0 amide bonds. The van der Waals surface area contributed by atoms with E-state index in [9.17, 15) is 38.4 Å². The van der Waals surface area contributed by atoms with Crippen LogP contribution in [0.4, 0.5) is 34.6 Å². The van der Waals surface area contributed by atoms with Crippen LogP contribution in [0, 0.1) is 18.5 Å². The molecule has 0 aromatic carbocycles. The third-order valence-corrected chi connectivity index (χ3v) is 14.5. The molecule has 1 atom stereocenters. The number of aromatic nitrogens is 27. The van der Waals surface area contributed by atoms with Gasteiger partial charge < -0.3 is 42.5 Å². The normalized spacial score (nSPS) is 10.5. The summed E-state index contributed by atoms with van der Waals surface area (Å²) in [6.07, 6.45) is 17.5. The van der Waals surface area contributed by atoms with Gasteiger partial charge in [-0.2, -0.15) is 20.3 Å². The molecule has 0 spiro atoms. The largest absolute Gasteiger partial charge is 0.478 e. The number of nitrogens with zero attached hydrogens (tertiary/aromatic N) is 18. The van der Waals surface area contributed by atoms with Crippen molar-refractivity contribution >= 4 is 149 Å². The highest BCUT2D eigenvalue weighted by atomic mass is 79.9. The average Bonchev–Trinajstić information content (AvgIpc) is 1.71. The molecule has 1 unspecified atom stereocenters.